The van der Waals surface area contributed by atoms with E-state index in [1.807, 2.05) is 0 Å². The summed E-state index contributed by atoms with van der Waals surface area (Å²) in [6.07, 6.45) is 0.406. The highest BCUT2D eigenvalue weighted by Crippen LogP contribution is 2.10. The SMILES string of the molecule is CNC(=O)CCNC(=O)c1ccc(F)cc1C#CCCO. The molecule has 0 radical (unpaired) electrons. The molecule has 1 aromatic rings. The molecule has 0 unspecified atom stereocenters. The van der Waals surface area contributed by atoms with Crippen molar-refractivity contribution in [2.45, 2.75) is 12.8 Å². The summed E-state index contributed by atoms with van der Waals surface area (Å²) in [6, 6.07) is 3.68. The summed E-state index contributed by atoms with van der Waals surface area (Å²) in [6.45, 7) is 0.0787. The maximum absolute atomic E-state index is 13.2. The second-order valence-electron chi connectivity index (χ2n) is 4.14. The molecule has 21 heavy (non-hydrogen) atoms. The Hall–Kier alpha value is -2.39. The number of benzene rings is 1. The Balaban J connectivity index is 2.79. The number of carbonyl (C=O) groups is 2. The van der Waals surface area contributed by atoms with E-state index < -0.39 is 11.7 Å². The van der Waals surface area contributed by atoms with Crippen molar-refractivity contribution in [3.8, 4) is 11.8 Å². The Bertz CT molecular complexity index is 576. The number of hydrogen-bond acceptors (Lipinski definition) is 3. The molecule has 0 aliphatic heterocycles. The van der Waals surface area contributed by atoms with E-state index in [-0.39, 0.29) is 43.0 Å². The molecule has 0 heterocycles. The Labute approximate surface area is 122 Å². The number of aliphatic hydroxyl groups excluding tert-OH is 1. The van der Waals surface area contributed by atoms with Crippen LogP contribution in [-0.2, 0) is 4.79 Å². The second-order valence-corrected chi connectivity index (χ2v) is 4.14. The highest BCUT2D eigenvalue weighted by Gasteiger charge is 2.11. The lowest BCUT2D eigenvalue weighted by molar-refractivity contribution is -0.120. The third-order valence-corrected chi connectivity index (χ3v) is 2.60. The molecular formula is C15H17FN2O3. The number of aliphatic hydroxyl groups is 1. The van der Waals surface area contributed by atoms with Gasteiger partial charge >= 0.3 is 0 Å². The lowest BCUT2D eigenvalue weighted by Gasteiger charge is -2.07. The van der Waals surface area contributed by atoms with Crippen LogP contribution >= 0.6 is 0 Å². The van der Waals surface area contributed by atoms with Crippen molar-refractivity contribution in [3.63, 3.8) is 0 Å². The van der Waals surface area contributed by atoms with Gasteiger partial charge in [0.15, 0.2) is 0 Å². The average Bonchev–Trinajstić information content (AvgIpc) is 2.47. The molecule has 112 valence electrons. The van der Waals surface area contributed by atoms with Crippen LogP contribution in [0.4, 0.5) is 4.39 Å². The van der Waals surface area contributed by atoms with Crippen molar-refractivity contribution in [2.75, 3.05) is 20.2 Å². The number of nitrogens with one attached hydrogen (secondary N) is 2. The summed E-state index contributed by atoms with van der Waals surface area (Å²) < 4.78 is 13.2. The zero-order chi connectivity index (χ0) is 15.7. The highest BCUT2D eigenvalue weighted by molar-refractivity contribution is 5.96. The lowest BCUT2D eigenvalue weighted by Crippen LogP contribution is -2.29. The summed E-state index contributed by atoms with van der Waals surface area (Å²) >= 11 is 0. The smallest absolute Gasteiger partial charge is 0.252 e. The lowest BCUT2D eigenvalue weighted by atomic mass is 10.1. The highest BCUT2D eigenvalue weighted by atomic mass is 19.1. The van der Waals surface area contributed by atoms with E-state index in [1.54, 1.807) is 0 Å². The van der Waals surface area contributed by atoms with Crippen molar-refractivity contribution in [1.82, 2.24) is 10.6 Å². The van der Waals surface area contributed by atoms with Gasteiger partial charge in [-0.25, -0.2) is 4.39 Å². The monoisotopic (exact) mass is 292 g/mol. The molecule has 1 aromatic carbocycles. The summed E-state index contributed by atoms with van der Waals surface area (Å²) in [4.78, 5) is 23.1. The Kier molecular flexibility index (Phi) is 6.92. The van der Waals surface area contributed by atoms with Gasteiger partial charge in [-0.15, -0.1) is 0 Å². The zero-order valence-corrected chi connectivity index (χ0v) is 11.7. The van der Waals surface area contributed by atoms with Crippen molar-refractivity contribution >= 4 is 11.8 Å². The number of hydrogen-bond donors (Lipinski definition) is 3. The molecule has 6 heteroatoms. The minimum absolute atomic E-state index is 0.101. The maximum Gasteiger partial charge on any atom is 0.252 e. The summed E-state index contributed by atoms with van der Waals surface area (Å²) in [7, 11) is 1.51. The number of carbonyl (C=O) groups excluding carboxylic acids is 2. The Morgan fingerprint density at radius 2 is 2.14 bits per heavy atom. The van der Waals surface area contributed by atoms with Gasteiger partial charge in [0.2, 0.25) is 5.91 Å². The summed E-state index contributed by atoms with van der Waals surface area (Å²) in [5.41, 5.74) is 0.486. The molecule has 0 atom stereocenters. The minimum atomic E-state index is -0.495. The first-order valence-electron chi connectivity index (χ1n) is 6.46. The fourth-order valence-electron chi connectivity index (χ4n) is 1.54. The molecule has 0 aliphatic carbocycles. The van der Waals surface area contributed by atoms with Gasteiger partial charge in [0.1, 0.15) is 5.82 Å². The van der Waals surface area contributed by atoms with Crippen LogP contribution in [0.3, 0.4) is 0 Å². The van der Waals surface area contributed by atoms with Gasteiger partial charge in [-0.05, 0) is 18.2 Å². The van der Waals surface area contributed by atoms with Gasteiger partial charge in [0.25, 0.3) is 5.91 Å². The van der Waals surface area contributed by atoms with Crippen LogP contribution in [-0.4, -0.2) is 37.1 Å². The van der Waals surface area contributed by atoms with Crippen molar-refractivity contribution < 1.29 is 19.1 Å². The third kappa shape index (κ3) is 5.63. The van der Waals surface area contributed by atoms with E-state index in [9.17, 15) is 14.0 Å². The van der Waals surface area contributed by atoms with Gasteiger partial charge in [0.05, 0.1) is 12.2 Å². The third-order valence-electron chi connectivity index (χ3n) is 2.60. The first-order valence-corrected chi connectivity index (χ1v) is 6.46. The quantitative estimate of drug-likeness (QED) is 0.689. The van der Waals surface area contributed by atoms with E-state index in [0.717, 1.165) is 6.07 Å². The molecule has 2 amide bonds. The molecule has 3 N–H and O–H groups in total. The minimum Gasteiger partial charge on any atom is -0.395 e. The fourth-order valence-corrected chi connectivity index (χ4v) is 1.54. The molecular weight excluding hydrogens is 275 g/mol. The number of rotatable bonds is 5. The van der Waals surface area contributed by atoms with Crippen LogP contribution in [0.25, 0.3) is 0 Å². The van der Waals surface area contributed by atoms with Gasteiger partial charge < -0.3 is 15.7 Å². The van der Waals surface area contributed by atoms with Crippen LogP contribution in [0.5, 0.6) is 0 Å². The largest absolute Gasteiger partial charge is 0.395 e. The molecule has 5 nitrogen and oxygen atoms in total. The molecule has 0 bridgehead atoms. The van der Waals surface area contributed by atoms with Gasteiger partial charge in [-0.1, -0.05) is 11.8 Å². The molecule has 0 fully saturated rings. The Morgan fingerprint density at radius 1 is 1.38 bits per heavy atom. The summed E-state index contributed by atoms with van der Waals surface area (Å²) in [5, 5.41) is 13.7. The maximum atomic E-state index is 13.2. The van der Waals surface area contributed by atoms with E-state index in [4.69, 9.17) is 5.11 Å². The van der Waals surface area contributed by atoms with E-state index >= 15 is 0 Å². The first kappa shape index (κ1) is 16.7. The van der Waals surface area contributed by atoms with Gasteiger partial charge in [0, 0.05) is 32.0 Å². The zero-order valence-electron chi connectivity index (χ0n) is 11.7. The predicted octanol–water partition coefficient (Wildman–Crippen LogP) is 0.425. The van der Waals surface area contributed by atoms with E-state index in [0.29, 0.717) is 0 Å². The summed E-state index contributed by atoms with van der Waals surface area (Å²) in [5.74, 6) is 4.20. The normalized spacial score (nSPS) is 9.48. The second kappa shape index (κ2) is 8.72. The average molecular weight is 292 g/mol. The van der Waals surface area contributed by atoms with Crippen molar-refractivity contribution in [2.24, 2.45) is 0 Å². The molecule has 0 saturated heterocycles. The van der Waals surface area contributed by atoms with Gasteiger partial charge in [-0.2, -0.15) is 0 Å². The molecule has 0 spiro atoms. The van der Waals surface area contributed by atoms with Crippen molar-refractivity contribution in [3.05, 3.63) is 35.1 Å². The molecule has 0 saturated carbocycles. The van der Waals surface area contributed by atoms with Gasteiger partial charge in [-0.3, -0.25) is 9.59 Å². The number of amides is 2. The Morgan fingerprint density at radius 3 is 2.81 bits per heavy atom. The standard InChI is InChI=1S/C15H17FN2O3/c1-17-14(20)7-8-18-15(21)13-6-5-12(16)10-11(13)4-2-3-9-19/h5-6,10,19H,3,7-9H2,1H3,(H,17,20)(H,18,21). The fraction of sp³-hybridized carbons (Fsp3) is 0.333. The van der Waals surface area contributed by atoms with Crippen LogP contribution in [0.15, 0.2) is 18.2 Å². The molecule has 0 aliphatic rings. The number of halogens is 1. The molecule has 1 rings (SSSR count). The van der Waals surface area contributed by atoms with Crippen LogP contribution in [0.1, 0.15) is 28.8 Å². The van der Waals surface area contributed by atoms with Crippen molar-refractivity contribution in [1.29, 1.82) is 0 Å². The van der Waals surface area contributed by atoms with E-state index in [2.05, 4.69) is 22.5 Å². The molecule has 0 aromatic heterocycles. The van der Waals surface area contributed by atoms with Crippen LogP contribution in [0.2, 0.25) is 0 Å². The van der Waals surface area contributed by atoms with E-state index in [1.165, 1.54) is 19.2 Å². The van der Waals surface area contributed by atoms with Crippen LogP contribution < -0.4 is 10.6 Å². The first-order chi connectivity index (χ1) is 10.1. The van der Waals surface area contributed by atoms with Crippen LogP contribution in [0, 0.1) is 17.7 Å². The topological polar surface area (TPSA) is 78.4 Å². The predicted molar refractivity (Wildman–Crippen MR) is 76.0 cm³/mol.